The maximum absolute atomic E-state index is 12.6. The number of carboxylic acid groups (broad SMARTS) is 1. The number of amides is 1. The molecule has 0 heterocycles. The van der Waals surface area contributed by atoms with Crippen LogP contribution in [0.15, 0.2) is 70.7 Å². The molecule has 0 unspecified atom stereocenters. The van der Waals surface area contributed by atoms with Crippen molar-refractivity contribution in [2.75, 3.05) is 12.4 Å². The number of nitrogens with zero attached hydrogens (tertiary/aromatic N) is 1. The number of methoxy groups -OCH3 is 1. The van der Waals surface area contributed by atoms with Crippen molar-refractivity contribution in [3.8, 4) is 17.6 Å². The summed E-state index contributed by atoms with van der Waals surface area (Å²) in [5, 5.41) is 21.5. The van der Waals surface area contributed by atoms with Gasteiger partial charge in [-0.3, -0.25) is 4.79 Å². The van der Waals surface area contributed by atoms with E-state index in [1.807, 2.05) is 6.07 Å². The van der Waals surface area contributed by atoms with Gasteiger partial charge < -0.3 is 19.9 Å². The third-order valence-corrected chi connectivity index (χ3v) is 5.68. The number of anilines is 1. The van der Waals surface area contributed by atoms with Crippen LogP contribution in [-0.2, 0) is 11.4 Å². The normalized spacial score (nSPS) is 10.8. The summed E-state index contributed by atoms with van der Waals surface area (Å²) in [5.41, 5.74) is 1.75. The van der Waals surface area contributed by atoms with E-state index in [9.17, 15) is 14.9 Å². The molecule has 7 nitrogen and oxygen atoms in total. The number of ether oxygens (including phenoxy) is 2. The van der Waals surface area contributed by atoms with Gasteiger partial charge in [0, 0.05) is 4.47 Å². The Morgan fingerprint density at radius 3 is 2.47 bits per heavy atom. The predicted octanol–water partition coefficient (Wildman–Crippen LogP) is 5.93. The summed E-state index contributed by atoms with van der Waals surface area (Å²) in [7, 11) is 1.47. The molecule has 3 aromatic carbocycles. The Morgan fingerprint density at radius 2 is 1.85 bits per heavy atom. The highest BCUT2D eigenvalue weighted by atomic mass is 79.9. The maximum atomic E-state index is 12.6. The summed E-state index contributed by atoms with van der Waals surface area (Å²) in [5.74, 6) is -0.793. The van der Waals surface area contributed by atoms with E-state index in [1.165, 1.54) is 25.3 Å². The summed E-state index contributed by atoms with van der Waals surface area (Å²) < 4.78 is 11.8. The quantitative estimate of drug-likeness (QED) is 0.270. The topological polar surface area (TPSA) is 109 Å². The zero-order chi connectivity index (χ0) is 24.7. The lowest BCUT2D eigenvalue weighted by molar-refractivity contribution is -0.112. The number of hydrogen-bond acceptors (Lipinski definition) is 5. The number of benzene rings is 3. The smallest absolute Gasteiger partial charge is 0.335 e. The molecule has 2 N–H and O–H groups in total. The number of aromatic carboxylic acids is 1. The first-order valence-corrected chi connectivity index (χ1v) is 11.0. The van der Waals surface area contributed by atoms with E-state index in [0.717, 1.165) is 5.56 Å². The molecule has 0 saturated heterocycles. The van der Waals surface area contributed by atoms with Gasteiger partial charge in [0.25, 0.3) is 5.91 Å². The molecule has 3 rings (SSSR count). The highest BCUT2D eigenvalue weighted by Crippen LogP contribution is 2.35. The van der Waals surface area contributed by atoms with Crippen LogP contribution < -0.4 is 14.8 Å². The van der Waals surface area contributed by atoms with Gasteiger partial charge in [0.1, 0.15) is 18.2 Å². The number of hydrogen-bond donors (Lipinski definition) is 2. The van der Waals surface area contributed by atoms with Gasteiger partial charge in [-0.25, -0.2) is 4.79 Å². The van der Waals surface area contributed by atoms with Crippen LogP contribution in [0, 0.1) is 11.3 Å². The predicted molar refractivity (Wildman–Crippen MR) is 132 cm³/mol. The van der Waals surface area contributed by atoms with E-state index in [0.29, 0.717) is 32.2 Å². The number of para-hydroxylation sites is 1. The van der Waals surface area contributed by atoms with Crippen molar-refractivity contribution in [3.63, 3.8) is 0 Å². The van der Waals surface area contributed by atoms with Crippen molar-refractivity contribution in [1.29, 1.82) is 5.26 Å². The Hall–Kier alpha value is -3.80. The molecule has 0 radical (unpaired) electrons. The monoisotopic (exact) mass is 540 g/mol. The minimum absolute atomic E-state index is 0.130. The molecule has 0 spiro atoms. The van der Waals surface area contributed by atoms with Crippen LogP contribution in [0.5, 0.6) is 11.5 Å². The first kappa shape index (κ1) is 24.8. The lowest BCUT2D eigenvalue weighted by Gasteiger charge is -2.13. The van der Waals surface area contributed by atoms with E-state index >= 15 is 0 Å². The SMILES string of the molecule is COc1cc(/C=C(\C#N)C(=O)Nc2ccccc2Cl)c(Br)cc1OCc1ccc(C(=O)O)cc1. The zero-order valence-corrected chi connectivity index (χ0v) is 20.2. The summed E-state index contributed by atoms with van der Waals surface area (Å²) in [6, 6.07) is 18.2. The Labute approximate surface area is 209 Å². The van der Waals surface area contributed by atoms with Crippen molar-refractivity contribution in [2.24, 2.45) is 0 Å². The number of carbonyl (C=O) groups excluding carboxylic acids is 1. The molecule has 3 aromatic rings. The third-order valence-electron chi connectivity index (χ3n) is 4.67. The summed E-state index contributed by atoms with van der Waals surface area (Å²) in [6.07, 6.45) is 1.42. The number of nitriles is 1. The highest BCUT2D eigenvalue weighted by Gasteiger charge is 2.15. The molecule has 0 aliphatic rings. The zero-order valence-electron chi connectivity index (χ0n) is 17.8. The van der Waals surface area contributed by atoms with Crippen molar-refractivity contribution < 1.29 is 24.2 Å². The Balaban J connectivity index is 1.80. The van der Waals surface area contributed by atoms with E-state index in [4.69, 9.17) is 26.2 Å². The van der Waals surface area contributed by atoms with Gasteiger partial charge in [0.15, 0.2) is 11.5 Å². The summed E-state index contributed by atoms with van der Waals surface area (Å²) in [4.78, 5) is 23.6. The molecule has 172 valence electrons. The fourth-order valence-corrected chi connectivity index (χ4v) is 3.51. The average Bonchev–Trinajstić information content (AvgIpc) is 2.83. The highest BCUT2D eigenvalue weighted by molar-refractivity contribution is 9.10. The Morgan fingerprint density at radius 1 is 1.15 bits per heavy atom. The van der Waals surface area contributed by atoms with E-state index < -0.39 is 11.9 Å². The molecule has 0 aliphatic carbocycles. The molecule has 0 aliphatic heterocycles. The van der Waals surface area contributed by atoms with Crippen LogP contribution in [0.3, 0.4) is 0 Å². The Kier molecular flexibility index (Phi) is 8.30. The van der Waals surface area contributed by atoms with Gasteiger partial charge in [-0.2, -0.15) is 5.26 Å². The minimum atomic E-state index is -1.00. The van der Waals surface area contributed by atoms with Gasteiger partial charge in [-0.05, 0) is 53.6 Å². The molecule has 1 amide bonds. The molecule has 0 saturated carbocycles. The first-order chi connectivity index (χ1) is 16.3. The second-order valence-electron chi connectivity index (χ2n) is 6.92. The third kappa shape index (κ3) is 6.16. The molecular formula is C25H18BrClN2O5. The van der Waals surface area contributed by atoms with E-state index in [2.05, 4.69) is 21.2 Å². The minimum Gasteiger partial charge on any atom is -0.493 e. The fraction of sp³-hybridized carbons (Fsp3) is 0.0800. The van der Waals surface area contributed by atoms with Crippen LogP contribution in [0.25, 0.3) is 6.08 Å². The van der Waals surface area contributed by atoms with Crippen LogP contribution in [0.1, 0.15) is 21.5 Å². The van der Waals surface area contributed by atoms with Gasteiger partial charge in [-0.1, -0.05) is 51.8 Å². The van der Waals surface area contributed by atoms with Gasteiger partial charge in [0.05, 0.1) is 23.4 Å². The van der Waals surface area contributed by atoms with Gasteiger partial charge in [-0.15, -0.1) is 0 Å². The average molecular weight is 542 g/mol. The van der Waals surface area contributed by atoms with Crippen molar-refractivity contribution >= 4 is 51.2 Å². The summed E-state index contributed by atoms with van der Waals surface area (Å²) >= 11 is 9.51. The van der Waals surface area contributed by atoms with E-state index in [1.54, 1.807) is 48.5 Å². The molecule has 9 heteroatoms. The number of halogens is 2. The van der Waals surface area contributed by atoms with E-state index in [-0.39, 0.29) is 17.7 Å². The molecule has 34 heavy (non-hydrogen) atoms. The molecule has 0 atom stereocenters. The lowest BCUT2D eigenvalue weighted by atomic mass is 10.1. The maximum Gasteiger partial charge on any atom is 0.335 e. The van der Waals surface area contributed by atoms with Crippen molar-refractivity contribution in [3.05, 3.63) is 92.4 Å². The van der Waals surface area contributed by atoms with Crippen LogP contribution in [-0.4, -0.2) is 24.1 Å². The number of carbonyl (C=O) groups is 2. The van der Waals surface area contributed by atoms with Gasteiger partial charge >= 0.3 is 5.97 Å². The largest absolute Gasteiger partial charge is 0.493 e. The number of carboxylic acids is 1. The Bertz CT molecular complexity index is 1300. The van der Waals surface area contributed by atoms with Crippen LogP contribution in [0.4, 0.5) is 5.69 Å². The number of nitrogens with one attached hydrogen (secondary N) is 1. The molecular weight excluding hydrogens is 524 g/mol. The van der Waals surface area contributed by atoms with Crippen LogP contribution in [0.2, 0.25) is 5.02 Å². The fourth-order valence-electron chi connectivity index (χ4n) is 2.89. The number of rotatable bonds is 8. The molecule has 0 aromatic heterocycles. The van der Waals surface area contributed by atoms with Crippen LogP contribution >= 0.6 is 27.5 Å². The lowest BCUT2D eigenvalue weighted by Crippen LogP contribution is -2.13. The standard InChI is InChI=1S/C25H18BrClN2O5/c1-33-22-11-17(10-18(13-28)24(30)29-21-5-3-2-4-20(21)27)19(26)12-23(22)34-14-15-6-8-16(9-7-15)25(31)32/h2-12H,14H2,1H3,(H,29,30)(H,31,32)/b18-10+. The van der Waals surface area contributed by atoms with Crippen molar-refractivity contribution in [2.45, 2.75) is 6.61 Å². The molecule has 0 fully saturated rings. The van der Waals surface area contributed by atoms with Crippen molar-refractivity contribution in [1.82, 2.24) is 0 Å². The summed E-state index contributed by atoms with van der Waals surface area (Å²) in [6.45, 7) is 0.182. The van der Waals surface area contributed by atoms with Gasteiger partial charge in [0.2, 0.25) is 0 Å². The second kappa shape index (κ2) is 11.4. The second-order valence-corrected chi connectivity index (χ2v) is 8.18. The first-order valence-electron chi connectivity index (χ1n) is 9.82. The molecule has 0 bridgehead atoms.